The van der Waals surface area contributed by atoms with Crippen LogP contribution in [0, 0.1) is 13.3 Å². The average molecular weight is 221 g/mol. The summed E-state index contributed by atoms with van der Waals surface area (Å²) in [5.41, 5.74) is 0.583. The standard InChI is InChI=1S/C11H13N2O3/c1-3-4-9(14)11-12-6-10(15-11)8-5-7(2)16-13-8/h4-6,9,14H,3H2,1-2H3/t9-/m0/s1. The number of hydrogen-bond donors (Lipinski definition) is 1. The van der Waals surface area contributed by atoms with E-state index in [2.05, 4.69) is 10.1 Å². The van der Waals surface area contributed by atoms with E-state index in [-0.39, 0.29) is 5.89 Å². The zero-order valence-corrected chi connectivity index (χ0v) is 9.17. The summed E-state index contributed by atoms with van der Waals surface area (Å²) in [6.45, 7) is 3.74. The van der Waals surface area contributed by atoms with Crippen molar-refractivity contribution in [3.63, 3.8) is 0 Å². The molecule has 0 aliphatic rings. The smallest absolute Gasteiger partial charge is 0.224 e. The van der Waals surface area contributed by atoms with E-state index < -0.39 is 6.10 Å². The Morgan fingerprint density at radius 2 is 2.38 bits per heavy atom. The minimum absolute atomic E-state index is 0.275. The predicted octanol–water partition coefficient (Wildman–Crippen LogP) is 2.29. The van der Waals surface area contributed by atoms with Gasteiger partial charge >= 0.3 is 0 Å². The van der Waals surface area contributed by atoms with E-state index in [9.17, 15) is 5.11 Å². The number of aliphatic hydroxyl groups is 1. The van der Waals surface area contributed by atoms with Crippen LogP contribution in [-0.2, 0) is 0 Å². The molecule has 0 spiro atoms. The van der Waals surface area contributed by atoms with Crippen molar-refractivity contribution in [1.29, 1.82) is 0 Å². The Morgan fingerprint density at radius 1 is 1.56 bits per heavy atom. The maximum absolute atomic E-state index is 9.63. The second-order valence-corrected chi connectivity index (χ2v) is 3.47. The lowest BCUT2D eigenvalue weighted by atomic mass is 10.2. The molecule has 16 heavy (non-hydrogen) atoms. The molecule has 85 valence electrons. The Balaban J connectivity index is 2.19. The third-order valence-corrected chi connectivity index (χ3v) is 2.12. The van der Waals surface area contributed by atoms with Crippen LogP contribution in [-0.4, -0.2) is 15.2 Å². The fourth-order valence-corrected chi connectivity index (χ4v) is 1.35. The number of aryl methyl sites for hydroxylation is 1. The summed E-state index contributed by atoms with van der Waals surface area (Å²) in [5.74, 6) is 1.47. The molecule has 5 heteroatoms. The maximum Gasteiger partial charge on any atom is 0.224 e. The molecule has 2 rings (SSSR count). The summed E-state index contributed by atoms with van der Waals surface area (Å²) in [7, 11) is 0. The summed E-state index contributed by atoms with van der Waals surface area (Å²) in [5, 5.41) is 13.4. The predicted molar refractivity (Wildman–Crippen MR) is 56.3 cm³/mol. The molecule has 0 amide bonds. The van der Waals surface area contributed by atoms with E-state index >= 15 is 0 Å². The molecule has 0 aliphatic heterocycles. The van der Waals surface area contributed by atoms with Crippen molar-refractivity contribution < 1.29 is 14.0 Å². The Labute approximate surface area is 93.1 Å². The molecular formula is C11H13N2O3. The highest BCUT2D eigenvalue weighted by Gasteiger charge is 2.16. The highest BCUT2D eigenvalue weighted by atomic mass is 16.5. The molecule has 1 atom stereocenters. The van der Waals surface area contributed by atoms with Crippen molar-refractivity contribution >= 4 is 0 Å². The molecule has 2 heterocycles. The lowest BCUT2D eigenvalue weighted by Crippen LogP contribution is -1.96. The number of aromatic nitrogens is 2. The maximum atomic E-state index is 9.63. The van der Waals surface area contributed by atoms with Crippen molar-refractivity contribution in [1.82, 2.24) is 10.1 Å². The molecule has 0 saturated heterocycles. The number of rotatable bonds is 4. The first-order chi connectivity index (χ1) is 7.70. The first-order valence-corrected chi connectivity index (χ1v) is 5.11. The first-order valence-electron chi connectivity index (χ1n) is 5.11. The van der Waals surface area contributed by atoms with Crippen molar-refractivity contribution in [3.8, 4) is 11.5 Å². The van der Waals surface area contributed by atoms with Gasteiger partial charge in [-0.1, -0.05) is 12.1 Å². The van der Waals surface area contributed by atoms with Gasteiger partial charge in [-0.05, 0) is 19.8 Å². The molecule has 1 N–H and O–H groups in total. The van der Waals surface area contributed by atoms with E-state index in [1.54, 1.807) is 19.4 Å². The largest absolute Gasteiger partial charge is 0.436 e. The van der Waals surface area contributed by atoms with E-state index in [0.717, 1.165) is 6.42 Å². The van der Waals surface area contributed by atoms with Crippen LogP contribution in [0.1, 0.15) is 31.1 Å². The van der Waals surface area contributed by atoms with Gasteiger partial charge in [0.15, 0.2) is 11.5 Å². The van der Waals surface area contributed by atoms with Crippen LogP contribution in [0.15, 0.2) is 21.2 Å². The van der Waals surface area contributed by atoms with Crippen LogP contribution < -0.4 is 0 Å². The number of aliphatic hydroxyl groups excluding tert-OH is 1. The van der Waals surface area contributed by atoms with Gasteiger partial charge in [-0.2, -0.15) is 0 Å². The molecule has 2 aromatic heterocycles. The Morgan fingerprint density at radius 3 is 3.00 bits per heavy atom. The highest BCUT2D eigenvalue weighted by molar-refractivity contribution is 5.50. The molecule has 2 aromatic rings. The van der Waals surface area contributed by atoms with Crippen molar-refractivity contribution in [2.24, 2.45) is 0 Å². The number of oxazole rings is 1. The van der Waals surface area contributed by atoms with Crippen LogP contribution >= 0.6 is 0 Å². The monoisotopic (exact) mass is 221 g/mol. The molecule has 0 fully saturated rings. The van der Waals surface area contributed by atoms with Gasteiger partial charge in [0.25, 0.3) is 0 Å². The second kappa shape index (κ2) is 4.49. The third kappa shape index (κ3) is 2.14. The van der Waals surface area contributed by atoms with Gasteiger partial charge in [-0.3, -0.25) is 0 Å². The van der Waals surface area contributed by atoms with Crippen LogP contribution in [0.25, 0.3) is 11.5 Å². The van der Waals surface area contributed by atoms with Gasteiger partial charge in [-0.15, -0.1) is 0 Å². The molecule has 0 aromatic carbocycles. The molecule has 0 bridgehead atoms. The van der Waals surface area contributed by atoms with Crippen LogP contribution in [0.5, 0.6) is 0 Å². The van der Waals surface area contributed by atoms with Crippen molar-refractivity contribution in [2.45, 2.75) is 26.4 Å². The van der Waals surface area contributed by atoms with Crippen LogP contribution in [0.4, 0.5) is 0 Å². The van der Waals surface area contributed by atoms with Gasteiger partial charge in [0.1, 0.15) is 11.9 Å². The first kappa shape index (κ1) is 10.9. The minimum Gasteiger partial charge on any atom is -0.436 e. The lowest BCUT2D eigenvalue weighted by molar-refractivity contribution is 0.172. The topological polar surface area (TPSA) is 72.3 Å². The quantitative estimate of drug-likeness (QED) is 0.857. The normalized spacial score (nSPS) is 12.9. The summed E-state index contributed by atoms with van der Waals surface area (Å²) in [6.07, 6.45) is 3.22. The second-order valence-electron chi connectivity index (χ2n) is 3.47. The van der Waals surface area contributed by atoms with E-state index in [0.29, 0.717) is 17.2 Å². The van der Waals surface area contributed by atoms with E-state index in [1.807, 2.05) is 6.92 Å². The molecule has 0 unspecified atom stereocenters. The van der Waals surface area contributed by atoms with Gasteiger partial charge < -0.3 is 14.0 Å². The highest BCUT2D eigenvalue weighted by Crippen LogP contribution is 2.24. The average Bonchev–Trinajstić information content (AvgIpc) is 2.85. The summed E-state index contributed by atoms with van der Waals surface area (Å²) < 4.78 is 10.3. The minimum atomic E-state index is -0.772. The summed E-state index contributed by atoms with van der Waals surface area (Å²) >= 11 is 0. The van der Waals surface area contributed by atoms with Crippen LogP contribution in [0.3, 0.4) is 0 Å². The van der Waals surface area contributed by atoms with Gasteiger partial charge in [0.05, 0.1) is 6.20 Å². The zero-order chi connectivity index (χ0) is 11.5. The Kier molecular flexibility index (Phi) is 3.05. The Bertz CT molecular complexity index is 461. The molecule has 5 nitrogen and oxygen atoms in total. The fraction of sp³-hybridized carbons (Fsp3) is 0.364. The van der Waals surface area contributed by atoms with Gasteiger partial charge in [0, 0.05) is 6.07 Å². The van der Waals surface area contributed by atoms with Gasteiger partial charge in [-0.25, -0.2) is 4.98 Å². The summed E-state index contributed by atoms with van der Waals surface area (Å²) in [6, 6.07) is 1.75. The van der Waals surface area contributed by atoms with Gasteiger partial charge in [0.2, 0.25) is 5.89 Å². The van der Waals surface area contributed by atoms with Crippen molar-refractivity contribution in [3.05, 3.63) is 30.3 Å². The molecule has 0 saturated carbocycles. The number of hydrogen-bond acceptors (Lipinski definition) is 5. The van der Waals surface area contributed by atoms with Crippen LogP contribution in [0.2, 0.25) is 0 Å². The third-order valence-electron chi connectivity index (χ3n) is 2.12. The molecule has 1 radical (unpaired) electrons. The Hall–Kier alpha value is -1.62. The molecular weight excluding hydrogens is 208 g/mol. The van der Waals surface area contributed by atoms with E-state index in [4.69, 9.17) is 8.94 Å². The SMILES string of the molecule is CC[CH][C@H](O)c1ncc(-c2cc(C)on2)o1. The van der Waals surface area contributed by atoms with Crippen molar-refractivity contribution in [2.75, 3.05) is 0 Å². The number of nitrogens with zero attached hydrogens (tertiary/aromatic N) is 2. The zero-order valence-electron chi connectivity index (χ0n) is 9.17. The fourth-order valence-electron chi connectivity index (χ4n) is 1.35. The molecule has 0 aliphatic carbocycles. The van der Waals surface area contributed by atoms with E-state index in [1.165, 1.54) is 6.20 Å². The lowest BCUT2D eigenvalue weighted by Gasteiger charge is -2.02. The summed E-state index contributed by atoms with van der Waals surface area (Å²) in [4.78, 5) is 3.99.